The summed E-state index contributed by atoms with van der Waals surface area (Å²) < 4.78 is 0. The molecule has 1 N–H and O–H groups in total. The first-order valence-corrected chi connectivity index (χ1v) is 12.3. The second kappa shape index (κ2) is 8.40. The molecule has 1 atom stereocenters. The third-order valence-electron chi connectivity index (χ3n) is 8.38. The van der Waals surface area contributed by atoms with Crippen LogP contribution in [0.3, 0.4) is 0 Å². The van der Waals surface area contributed by atoms with Gasteiger partial charge in [-0.3, -0.25) is 14.5 Å². The highest BCUT2D eigenvalue weighted by Gasteiger charge is 2.54. The minimum atomic E-state index is -0.178. The molecule has 1 unspecified atom stereocenters. The van der Waals surface area contributed by atoms with Crippen molar-refractivity contribution < 1.29 is 9.59 Å². The highest BCUT2D eigenvalue weighted by molar-refractivity contribution is 6.30. The number of likely N-dealkylation sites (N-methyl/N-ethyl adjacent to an activating group) is 1. The van der Waals surface area contributed by atoms with Gasteiger partial charge in [0, 0.05) is 24.2 Å². The molecule has 1 heterocycles. The first-order chi connectivity index (χ1) is 15.0. The van der Waals surface area contributed by atoms with E-state index in [0.29, 0.717) is 13.1 Å². The smallest absolute Gasteiger partial charge is 0.237 e. The van der Waals surface area contributed by atoms with Crippen LogP contribution in [0.15, 0.2) is 24.3 Å². The minimum absolute atomic E-state index is 0.00624. The fourth-order valence-corrected chi connectivity index (χ4v) is 7.55. The van der Waals surface area contributed by atoms with Crippen molar-refractivity contribution in [2.45, 2.75) is 69.5 Å². The van der Waals surface area contributed by atoms with E-state index in [9.17, 15) is 9.59 Å². The third kappa shape index (κ3) is 4.11. The van der Waals surface area contributed by atoms with Crippen molar-refractivity contribution in [2.24, 2.45) is 17.8 Å². The van der Waals surface area contributed by atoms with E-state index in [1.54, 1.807) is 7.05 Å². The van der Waals surface area contributed by atoms with Crippen molar-refractivity contribution in [3.05, 3.63) is 34.9 Å². The largest absolute Gasteiger partial charge is 0.358 e. The molecule has 5 fully saturated rings. The van der Waals surface area contributed by atoms with Gasteiger partial charge in [-0.05, 0) is 93.4 Å². The lowest BCUT2D eigenvalue weighted by molar-refractivity contribution is -0.154. The SMILES string of the molecule is CNC(=O)C1CCCN1CC(=O)N(Cc1ccc(Cl)cc1)C12CC3CC(CC(C3)C1)C2. The van der Waals surface area contributed by atoms with Gasteiger partial charge >= 0.3 is 0 Å². The van der Waals surface area contributed by atoms with Gasteiger partial charge in [0.1, 0.15) is 0 Å². The van der Waals surface area contributed by atoms with Crippen molar-refractivity contribution in [2.75, 3.05) is 20.1 Å². The van der Waals surface area contributed by atoms with E-state index in [1.165, 1.54) is 19.3 Å². The van der Waals surface area contributed by atoms with Gasteiger partial charge in [-0.2, -0.15) is 0 Å². The van der Waals surface area contributed by atoms with Gasteiger partial charge in [0.05, 0.1) is 12.6 Å². The summed E-state index contributed by atoms with van der Waals surface area (Å²) >= 11 is 6.11. The highest BCUT2D eigenvalue weighted by atomic mass is 35.5. The predicted octanol–water partition coefficient (Wildman–Crippen LogP) is 3.85. The summed E-state index contributed by atoms with van der Waals surface area (Å²) in [6.07, 6.45) is 9.32. The number of nitrogens with one attached hydrogen (secondary N) is 1. The molecule has 4 saturated carbocycles. The summed E-state index contributed by atoms with van der Waals surface area (Å²) in [4.78, 5) is 30.5. The van der Waals surface area contributed by atoms with Gasteiger partial charge < -0.3 is 10.2 Å². The molecular weight excluding hydrogens is 410 g/mol. The zero-order valence-corrected chi connectivity index (χ0v) is 19.2. The lowest BCUT2D eigenvalue weighted by atomic mass is 9.52. The highest BCUT2D eigenvalue weighted by Crippen LogP contribution is 2.58. The molecule has 0 spiro atoms. The Morgan fingerprint density at radius 3 is 2.29 bits per heavy atom. The number of amides is 2. The van der Waals surface area contributed by atoms with Crippen LogP contribution in [-0.4, -0.2) is 53.3 Å². The summed E-state index contributed by atoms with van der Waals surface area (Å²) in [5.74, 6) is 2.54. The van der Waals surface area contributed by atoms with Crippen LogP contribution in [0.5, 0.6) is 0 Å². The molecule has 0 aromatic heterocycles. The second-order valence-electron chi connectivity index (χ2n) is 10.5. The van der Waals surface area contributed by atoms with Gasteiger partial charge in [-0.1, -0.05) is 23.7 Å². The third-order valence-corrected chi connectivity index (χ3v) is 8.64. The lowest BCUT2D eigenvalue weighted by Crippen LogP contribution is -2.62. The van der Waals surface area contributed by atoms with Crippen LogP contribution < -0.4 is 5.32 Å². The fourth-order valence-electron chi connectivity index (χ4n) is 7.43. The van der Waals surface area contributed by atoms with Crippen molar-refractivity contribution in [3.63, 3.8) is 0 Å². The summed E-state index contributed by atoms with van der Waals surface area (Å²) in [5, 5.41) is 3.50. The zero-order valence-electron chi connectivity index (χ0n) is 18.5. The number of hydrogen-bond acceptors (Lipinski definition) is 3. The van der Waals surface area contributed by atoms with Gasteiger partial charge in [0.15, 0.2) is 0 Å². The van der Waals surface area contributed by atoms with Gasteiger partial charge in [-0.25, -0.2) is 0 Å². The molecule has 5 aliphatic rings. The summed E-state index contributed by atoms with van der Waals surface area (Å²) in [5.41, 5.74) is 1.13. The van der Waals surface area contributed by atoms with Crippen LogP contribution in [-0.2, 0) is 16.1 Å². The molecule has 1 aromatic carbocycles. The quantitative estimate of drug-likeness (QED) is 0.726. The fraction of sp³-hybridized carbons (Fsp3) is 0.680. The summed E-state index contributed by atoms with van der Waals surface area (Å²) in [6, 6.07) is 7.75. The van der Waals surface area contributed by atoms with Crippen LogP contribution in [0.25, 0.3) is 0 Å². The molecule has 5 nitrogen and oxygen atoms in total. The lowest BCUT2D eigenvalue weighted by Gasteiger charge is -2.60. The molecule has 4 aliphatic carbocycles. The first-order valence-electron chi connectivity index (χ1n) is 12.0. The van der Waals surface area contributed by atoms with Gasteiger partial charge in [0.2, 0.25) is 11.8 Å². The standard InChI is InChI=1S/C25H34ClN3O2/c1-27-24(31)22-3-2-8-28(22)16-23(30)29(15-17-4-6-21(26)7-5-17)25-12-18-9-19(13-25)11-20(10-18)14-25/h4-7,18-20,22H,2-3,8-16H2,1H3,(H,27,31). The van der Waals surface area contributed by atoms with E-state index >= 15 is 0 Å². The molecule has 31 heavy (non-hydrogen) atoms. The average molecular weight is 444 g/mol. The Morgan fingerprint density at radius 2 is 1.71 bits per heavy atom. The molecule has 0 radical (unpaired) electrons. The number of carbonyl (C=O) groups is 2. The summed E-state index contributed by atoms with van der Waals surface area (Å²) in [6.45, 7) is 1.80. The number of benzene rings is 1. The van der Waals surface area contributed by atoms with Gasteiger partial charge in [-0.15, -0.1) is 0 Å². The molecular formula is C25H34ClN3O2. The Balaban J connectivity index is 1.40. The number of halogens is 1. The van der Waals surface area contributed by atoms with Crippen molar-refractivity contribution in [3.8, 4) is 0 Å². The maximum Gasteiger partial charge on any atom is 0.237 e. The van der Waals surface area contributed by atoms with Crippen LogP contribution in [0.4, 0.5) is 0 Å². The van der Waals surface area contributed by atoms with Crippen LogP contribution in [0.1, 0.15) is 56.9 Å². The van der Waals surface area contributed by atoms with Crippen LogP contribution in [0.2, 0.25) is 5.02 Å². The number of likely N-dealkylation sites (tertiary alicyclic amines) is 1. The Morgan fingerprint density at radius 1 is 1.10 bits per heavy atom. The van der Waals surface area contributed by atoms with E-state index < -0.39 is 0 Å². The summed E-state index contributed by atoms with van der Waals surface area (Å²) in [7, 11) is 1.68. The minimum Gasteiger partial charge on any atom is -0.358 e. The first kappa shape index (κ1) is 21.3. The van der Waals surface area contributed by atoms with Crippen LogP contribution in [0, 0.1) is 17.8 Å². The second-order valence-corrected chi connectivity index (χ2v) is 10.9. The van der Waals surface area contributed by atoms with E-state index in [2.05, 4.69) is 15.1 Å². The molecule has 168 valence electrons. The molecule has 6 rings (SSSR count). The Labute approximate surface area is 190 Å². The topological polar surface area (TPSA) is 52.7 Å². The average Bonchev–Trinajstić information content (AvgIpc) is 3.19. The molecule has 1 aliphatic heterocycles. The van der Waals surface area contributed by atoms with Crippen molar-refractivity contribution in [1.82, 2.24) is 15.1 Å². The molecule has 4 bridgehead atoms. The molecule has 1 saturated heterocycles. The predicted molar refractivity (Wildman–Crippen MR) is 122 cm³/mol. The van der Waals surface area contributed by atoms with E-state index in [0.717, 1.165) is 67.0 Å². The van der Waals surface area contributed by atoms with E-state index in [4.69, 9.17) is 11.6 Å². The molecule has 6 heteroatoms. The van der Waals surface area contributed by atoms with E-state index in [1.807, 2.05) is 24.3 Å². The zero-order chi connectivity index (χ0) is 21.6. The maximum absolute atomic E-state index is 13.9. The van der Waals surface area contributed by atoms with Crippen molar-refractivity contribution >= 4 is 23.4 Å². The molecule has 2 amide bonds. The normalized spacial score (nSPS) is 34.1. The number of carbonyl (C=O) groups excluding carboxylic acids is 2. The number of hydrogen-bond donors (Lipinski definition) is 1. The maximum atomic E-state index is 13.9. The number of nitrogens with zero attached hydrogens (tertiary/aromatic N) is 2. The van der Waals surface area contributed by atoms with E-state index in [-0.39, 0.29) is 23.4 Å². The Kier molecular flexibility index (Phi) is 5.76. The Hall–Kier alpha value is -1.59. The monoisotopic (exact) mass is 443 g/mol. The van der Waals surface area contributed by atoms with Crippen LogP contribution >= 0.6 is 11.6 Å². The Bertz CT molecular complexity index is 804. The molecule has 1 aromatic rings. The van der Waals surface area contributed by atoms with Gasteiger partial charge in [0.25, 0.3) is 0 Å². The number of rotatable bonds is 6. The van der Waals surface area contributed by atoms with Crippen molar-refractivity contribution in [1.29, 1.82) is 0 Å².